The lowest BCUT2D eigenvalue weighted by Gasteiger charge is -2.20. The van der Waals surface area contributed by atoms with Gasteiger partial charge in [-0.1, -0.05) is 30.3 Å². The third kappa shape index (κ3) is 5.08. The third-order valence-corrected chi connectivity index (χ3v) is 4.78. The van der Waals surface area contributed by atoms with Gasteiger partial charge in [0.1, 0.15) is 0 Å². The second kappa shape index (κ2) is 8.88. The number of likely N-dealkylation sites (N-methyl/N-ethyl adjacent to an activating group) is 1. The fraction of sp³-hybridized carbons (Fsp3) is 0.588. The van der Waals surface area contributed by atoms with Crippen LogP contribution in [0.3, 0.4) is 0 Å². The molecule has 0 aromatic heterocycles. The number of carbonyl (C=O) groups is 1. The van der Waals surface area contributed by atoms with Crippen molar-refractivity contribution in [3.63, 3.8) is 0 Å². The Morgan fingerprint density at radius 1 is 1.26 bits per heavy atom. The van der Waals surface area contributed by atoms with Crippen LogP contribution in [0.25, 0.3) is 0 Å². The lowest BCUT2D eigenvalue weighted by atomic mass is 10.1. The monoisotopic (exact) mass is 359 g/mol. The molecule has 3 atom stereocenters. The van der Waals surface area contributed by atoms with Crippen LogP contribution in [0, 0.1) is 0 Å². The number of carbonyl (C=O) groups excluding carboxylic acids is 1. The lowest BCUT2D eigenvalue weighted by Crippen LogP contribution is -2.39. The molecule has 1 saturated carbocycles. The minimum Gasteiger partial charge on any atom is -0.340 e. The Bertz CT molecular complexity index is 498. The van der Waals surface area contributed by atoms with Crippen molar-refractivity contribution in [2.45, 2.75) is 30.8 Å². The molecule has 6 heteroatoms. The van der Waals surface area contributed by atoms with Gasteiger partial charge in [0.2, 0.25) is 5.91 Å². The van der Waals surface area contributed by atoms with Crippen molar-refractivity contribution in [3.8, 4) is 0 Å². The van der Waals surface area contributed by atoms with Gasteiger partial charge in [-0.25, -0.2) is 0 Å². The summed E-state index contributed by atoms with van der Waals surface area (Å²) in [5, 5.41) is 3.42. The van der Waals surface area contributed by atoms with Gasteiger partial charge in [-0.15, -0.1) is 24.8 Å². The van der Waals surface area contributed by atoms with E-state index in [1.807, 2.05) is 11.0 Å². The Kier molecular flexibility index (Phi) is 7.81. The maximum atomic E-state index is 12.2. The van der Waals surface area contributed by atoms with E-state index in [1.165, 1.54) is 5.56 Å². The molecular weight excluding hydrogens is 333 g/mol. The van der Waals surface area contributed by atoms with E-state index in [2.05, 4.69) is 48.6 Å². The Morgan fingerprint density at radius 2 is 1.96 bits per heavy atom. The van der Waals surface area contributed by atoms with Crippen LogP contribution in [0.5, 0.6) is 0 Å². The number of likely N-dealkylation sites (tertiary alicyclic amines) is 1. The summed E-state index contributed by atoms with van der Waals surface area (Å²) in [5.41, 5.74) is 1.39. The van der Waals surface area contributed by atoms with Crippen molar-refractivity contribution in [2.75, 3.05) is 33.7 Å². The van der Waals surface area contributed by atoms with Crippen molar-refractivity contribution in [1.82, 2.24) is 15.1 Å². The maximum Gasteiger partial charge on any atom is 0.236 e. The molecule has 1 aliphatic carbocycles. The average Bonchev–Trinajstić information content (AvgIpc) is 3.09. The van der Waals surface area contributed by atoms with Gasteiger partial charge in [0.15, 0.2) is 0 Å². The molecule has 0 spiro atoms. The Labute approximate surface area is 151 Å². The van der Waals surface area contributed by atoms with E-state index in [1.54, 1.807) is 0 Å². The van der Waals surface area contributed by atoms with Gasteiger partial charge in [0, 0.05) is 31.1 Å². The predicted molar refractivity (Wildman–Crippen MR) is 98.8 cm³/mol. The highest BCUT2D eigenvalue weighted by molar-refractivity contribution is 5.85. The molecule has 4 nitrogen and oxygen atoms in total. The summed E-state index contributed by atoms with van der Waals surface area (Å²) in [6.07, 6.45) is 2.24. The largest absolute Gasteiger partial charge is 0.340 e. The van der Waals surface area contributed by atoms with Crippen LogP contribution in [0.15, 0.2) is 30.3 Å². The fourth-order valence-corrected chi connectivity index (χ4v) is 3.21. The Morgan fingerprint density at radius 3 is 2.57 bits per heavy atom. The summed E-state index contributed by atoms with van der Waals surface area (Å²) in [4.78, 5) is 16.4. The summed E-state index contributed by atoms with van der Waals surface area (Å²) in [5.74, 6) is 0.838. The van der Waals surface area contributed by atoms with Crippen LogP contribution in [0.2, 0.25) is 0 Å². The van der Waals surface area contributed by atoms with Gasteiger partial charge in [-0.05, 0) is 32.5 Å². The van der Waals surface area contributed by atoms with Crippen LogP contribution in [-0.4, -0.2) is 61.5 Å². The van der Waals surface area contributed by atoms with Crippen LogP contribution in [-0.2, 0) is 4.79 Å². The minimum absolute atomic E-state index is 0. The molecule has 2 aliphatic rings. The molecule has 130 valence electrons. The van der Waals surface area contributed by atoms with Crippen molar-refractivity contribution >= 4 is 30.7 Å². The maximum absolute atomic E-state index is 12.2. The standard InChI is InChI=1S/C17H25N3O.2ClH/c1-19(2)14-8-9-20(12-14)17(21)11-18-16-10-15(16)13-6-4-3-5-7-13;;/h3-7,14-16,18H,8-12H2,1-2H3;2*1H/t14-,15?,16?;;/m1../s1. The topological polar surface area (TPSA) is 35.6 Å². The predicted octanol–water partition coefficient (Wildman–Crippen LogP) is 2.14. The normalized spacial score (nSPS) is 25.7. The van der Waals surface area contributed by atoms with Crippen molar-refractivity contribution in [1.29, 1.82) is 0 Å². The zero-order chi connectivity index (χ0) is 14.8. The number of nitrogens with zero attached hydrogens (tertiary/aromatic N) is 2. The number of nitrogens with one attached hydrogen (secondary N) is 1. The van der Waals surface area contributed by atoms with Crippen LogP contribution >= 0.6 is 24.8 Å². The number of halogens is 2. The zero-order valence-corrected chi connectivity index (χ0v) is 15.4. The molecule has 3 rings (SSSR count). The van der Waals surface area contributed by atoms with E-state index in [9.17, 15) is 4.79 Å². The van der Waals surface area contributed by atoms with Crippen LogP contribution in [0.4, 0.5) is 0 Å². The first-order valence-corrected chi connectivity index (χ1v) is 7.87. The second-order valence-electron chi connectivity index (χ2n) is 6.49. The number of hydrogen-bond acceptors (Lipinski definition) is 3. The third-order valence-electron chi connectivity index (χ3n) is 4.78. The molecule has 1 aromatic rings. The molecule has 1 heterocycles. The lowest BCUT2D eigenvalue weighted by molar-refractivity contribution is -0.129. The van der Waals surface area contributed by atoms with E-state index in [-0.39, 0.29) is 30.7 Å². The highest BCUT2D eigenvalue weighted by Gasteiger charge is 2.38. The number of hydrogen-bond donors (Lipinski definition) is 1. The number of amides is 1. The fourth-order valence-electron chi connectivity index (χ4n) is 3.21. The first-order valence-electron chi connectivity index (χ1n) is 7.87. The van der Waals surface area contributed by atoms with Crippen molar-refractivity contribution in [3.05, 3.63) is 35.9 Å². The molecule has 1 N–H and O–H groups in total. The van der Waals surface area contributed by atoms with E-state index < -0.39 is 0 Å². The Hall–Kier alpha value is -0.810. The molecule has 0 bridgehead atoms. The van der Waals surface area contributed by atoms with E-state index in [0.717, 1.165) is 25.9 Å². The molecule has 2 fully saturated rings. The van der Waals surface area contributed by atoms with Crippen LogP contribution in [0.1, 0.15) is 24.3 Å². The first kappa shape index (κ1) is 20.2. The van der Waals surface area contributed by atoms with E-state index in [4.69, 9.17) is 0 Å². The molecule has 0 radical (unpaired) electrons. The van der Waals surface area contributed by atoms with Gasteiger partial charge in [0.25, 0.3) is 0 Å². The summed E-state index contributed by atoms with van der Waals surface area (Å²) >= 11 is 0. The summed E-state index contributed by atoms with van der Waals surface area (Å²) < 4.78 is 0. The smallest absolute Gasteiger partial charge is 0.236 e. The van der Waals surface area contributed by atoms with Crippen LogP contribution < -0.4 is 5.32 Å². The van der Waals surface area contributed by atoms with E-state index in [0.29, 0.717) is 24.5 Å². The van der Waals surface area contributed by atoms with Gasteiger partial charge < -0.3 is 15.1 Å². The van der Waals surface area contributed by atoms with Gasteiger partial charge in [0.05, 0.1) is 6.54 Å². The molecule has 1 saturated heterocycles. The highest BCUT2D eigenvalue weighted by atomic mass is 35.5. The van der Waals surface area contributed by atoms with Gasteiger partial charge in [-0.2, -0.15) is 0 Å². The molecule has 1 aliphatic heterocycles. The molecular formula is C17H27Cl2N3O. The van der Waals surface area contributed by atoms with Gasteiger partial charge >= 0.3 is 0 Å². The molecule has 1 amide bonds. The summed E-state index contributed by atoms with van der Waals surface area (Å²) in [6, 6.07) is 11.6. The Balaban J connectivity index is 0.00000132. The zero-order valence-electron chi connectivity index (χ0n) is 13.8. The molecule has 1 aromatic carbocycles. The quantitative estimate of drug-likeness (QED) is 0.874. The van der Waals surface area contributed by atoms with E-state index >= 15 is 0 Å². The molecule has 2 unspecified atom stereocenters. The van der Waals surface area contributed by atoms with Crippen molar-refractivity contribution < 1.29 is 4.79 Å². The summed E-state index contributed by atoms with van der Waals surface area (Å²) in [7, 11) is 4.18. The average molecular weight is 360 g/mol. The molecule has 23 heavy (non-hydrogen) atoms. The minimum atomic E-state index is 0. The number of benzene rings is 1. The highest BCUT2D eigenvalue weighted by Crippen LogP contribution is 2.40. The van der Waals surface area contributed by atoms with Gasteiger partial charge in [-0.3, -0.25) is 4.79 Å². The number of rotatable bonds is 5. The first-order chi connectivity index (χ1) is 10.1. The van der Waals surface area contributed by atoms with Crippen molar-refractivity contribution in [2.24, 2.45) is 0 Å². The summed E-state index contributed by atoms with van der Waals surface area (Å²) in [6.45, 7) is 2.25. The SMILES string of the molecule is CN(C)[C@@H]1CCN(C(=O)CNC2CC2c2ccccc2)C1.Cl.Cl. The second-order valence-corrected chi connectivity index (χ2v) is 6.49.